The smallest absolute Gasteiger partial charge is 0.244 e. The van der Waals surface area contributed by atoms with Crippen LogP contribution < -0.4 is 14.4 Å². The van der Waals surface area contributed by atoms with E-state index in [1.807, 2.05) is 60.7 Å². The lowest BCUT2D eigenvalue weighted by atomic mass is 10.0. The number of methoxy groups -OCH3 is 1. The zero-order chi connectivity index (χ0) is 28.5. The molecular formula is C31H37N3O5S. The number of ether oxygens (including phenoxy) is 1. The van der Waals surface area contributed by atoms with Crippen LogP contribution in [0.1, 0.15) is 36.8 Å². The molecule has 1 fully saturated rings. The molecule has 0 spiro atoms. The van der Waals surface area contributed by atoms with Gasteiger partial charge >= 0.3 is 0 Å². The largest absolute Gasteiger partial charge is 0.497 e. The van der Waals surface area contributed by atoms with E-state index in [0.717, 1.165) is 47.4 Å². The molecule has 2 amide bonds. The van der Waals surface area contributed by atoms with Crippen LogP contribution in [0.25, 0.3) is 0 Å². The summed E-state index contributed by atoms with van der Waals surface area (Å²) in [4.78, 5) is 29.4. The lowest BCUT2D eigenvalue weighted by Gasteiger charge is -2.34. The number of sulfonamides is 1. The van der Waals surface area contributed by atoms with Gasteiger partial charge in [-0.15, -0.1) is 0 Å². The average Bonchev–Trinajstić information content (AvgIpc) is 3.47. The summed E-state index contributed by atoms with van der Waals surface area (Å²) in [5.74, 6) is -0.122. The molecule has 1 saturated carbocycles. The zero-order valence-corrected chi connectivity index (χ0v) is 23.8. The second kappa shape index (κ2) is 13.5. The molecule has 0 unspecified atom stereocenters. The molecule has 3 aromatic rings. The third-order valence-corrected chi connectivity index (χ3v) is 8.35. The first-order valence-electron chi connectivity index (χ1n) is 13.5. The number of carbonyl (C=O) groups is 2. The van der Waals surface area contributed by atoms with Crippen molar-refractivity contribution in [2.45, 2.75) is 50.7 Å². The van der Waals surface area contributed by atoms with Crippen LogP contribution in [0, 0.1) is 0 Å². The highest BCUT2D eigenvalue weighted by Crippen LogP contribution is 2.24. The Morgan fingerprint density at radius 1 is 0.900 bits per heavy atom. The van der Waals surface area contributed by atoms with Crippen LogP contribution in [0.2, 0.25) is 0 Å². The molecular weight excluding hydrogens is 526 g/mol. The van der Waals surface area contributed by atoms with Crippen molar-refractivity contribution in [3.8, 4) is 5.75 Å². The maximum Gasteiger partial charge on any atom is 0.244 e. The average molecular weight is 564 g/mol. The van der Waals surface area contributed by atoms with E-state index in [2.05, 4.69) is 5.32 Å². The topological polar surface area (TPSA) is 96.0 Å². The van der Waals surface area contributed by atoms with Crippen LogP contribution >= 0.6 is 0 Å². The third-order valence-electron chi connectivity index (χ3n) is 7.21. The summed E-state index contributed by atoms with van der Waals surface area (Å²) in [7, 11) is -2.29. The fraction of sp³-hybridized carbons (Fsp3) is 0.355. The SMILES string of the molecule is COc1ccc(N(CC(=O)N(Cc2ccccc2)[C@H](Cc2ccccc2)C(=O)NC2CCCC2)S(C)(=O)=O)cc1. The number of benzene rings is 3. The summed E-state index contributed by atoms with van der Waals surface area (Å²) in [6.45, 7) is -0.282. The van der Waals surface area contributed by atoms with Crippen molar-refractivity contribution in [1.29, 1.82) is 0 Å². The molecule has 4 rings (SSSR count). The maximum absolute atomic E-state index is 14.1. The van der Waals surface area contributed by atoms with Gasteiger partial charge in [-0.05, 0) is 48.2 Å². The van der Waals surface area contributed by atoms with Gasteiger partial charge in [0.25, 0.3) is 0 Å². The van der Waals surface area contributed by atoms with Gasteiger partial charge < -0.3 is 15.0 Å². The Labute approximate surface area is 237 Å². The van der Waals surface area contributed by atoms with Gasteiger partial charge in [-0.3, -0.25) is 13.9 Å². The Bertz CT molecular complexity index is 1360. The Hall–Kier alpha value is -3.85. The van der Waals surface area contributed by atoms with E-state index < -0.39 is 28.5 Å². The van der Waals surface area contributed by atoms with E-state index in [0.29, 0.717) is 17.9 Å². The summed E-state index contributed by atoms with van der Waals surface area (Å²) < 4.78 is 32.0. The fourth-order valence-corrected chi connectivity index (χ4v) is 5.91. The van der Waals surface area contributed by atoms with Crippen LogP contribution in [0.15, 0.2) is 84.9 Å². The third kappa shape index (κ3) is 7.85. The van der Waals surface area contributed by atoms with Crippen LogP contribution in [-0.4, -0.2) is 57.1 Å². The minimum absolute atomic E-state index is 0.0752. The minimum atomic E-state index is -3.82. The normalized spacial score (nSPS) is 14.3. The number of nitrogens with one attached hydrogen (secondary N) is 1. The highest BCUT2D eigenvalue weighted by molar-refractivity contribution is 7.92. The van der Waals surface area contributed by atoms with Gasteiger partial charge in [0.1, 0.15) is 18.3 Å². The van der Waals surface area contributed by atoms with Crippen molar-refractivity contribution in [2.75, 3.05) is 24.2 Å². The second-order valence-electron chi connectivity index (χ2n) is 10.2. The van der Waals surface area contributed by atoms with E-state index in [1.165, 1.54) is 12.0 Å². The predicted molar refractivity (Wildman–Crippen MR) is 157 cm³/mol. The monoisotopic (exact) mass is 563 g/mol. The number of rotatable bonds is 12. The lowest BCUT2D eigenvalue weighted by Crippen LogP contribution is -2.54. The molecule has 0 heterocycles. The van der Waals surface area contributed by atoms with Crippen LogP contribution in [0.4, 0.5) is 5.69 Å². The number of hydrogen-bond acceptors (Lipinski definition) is 5. The van der Waals surface area contributed by atoms with E-state index in [4.69, 9.17) is 4.74 Å². The number of hydrogen-bond donors (Lipinski definition) is 1. The highest BCUT2D eigenvalue weighted by Gasteiger charge is 2.34. The molecule has 1 aliphatic rings. The first kappa shape index (κ1) is 29.1. The second-order valence-corrected chi connectivity index (χ2v) is 12.1. The molecule has 1 N–H and O–H groups in total. The molecule has 9 heteroatoms. The van der Waals surface area contributed by atoms with Gasteiger partial charge in [0, 0.05) is 19.0 Å². The summed E-state index contributed by atoms with van der Waals surface area (Å²) in [6, 6.07) is 24.7. The number of amides is 2. The summed E-state index contributed by atoms with van der Waals surface area (Å²) in [5, 5.41) is 3.17. The summed E-state index contributed by atoms with van der Waals surface area (Å²) in [6.07, 6.45) is 5.32. The Morgan fingerprint density at radius 3 is 2.02 bits per heavy atom. The molecule has 40 heavy (non-hydrogen) atoms. The van der Waals surface area contributed by atoms with Gasteiger partial charge in [-0.25, -0.2) is 8.42 Å². The van der Waals surface area contributed by atoms with Crippen molar-refractivity contribution >= 4 is 27.5 Å². The number of anilines is 1. The molecule has 1 atom stereocenters. The van der Waals surface area contributed by atoms with Crippen LogP contribution in [0.3, 0.4) is 0 Å². The Morgan fingerprint density at radius 2 is 1.48 bits per heavy atom. The quantitative estimate of drug-likeness (QED) is 0.357. The highest BCUT2D eigenvalue weighted by atomic mass is 32.2. The van der Waals surface area contributed by atoms with Crippen molar-refractivity contribution in [3.05, 3.63) is 96.1 Å². The Kier molecular flexibility index (Phi) is 9.82. The molecule has 3 aromatic carbocycles. The van der Waals surface area contributed by atoms with Gasteiger partial charge in [-0.1, -0.05) is 73.5 Å². The standard InChI is InChI=1S/C31H37N3O5S/c1-39-28-19-17-27(18-20-28)34(40(2,37)38)23-30(35)33(22-25-13-7-4-8-14-25)29(21-24-11-5-3-6-12-24)31(36)32-26-15-9-10-16-26/h3-8,11-14,17-20,26,29H,9-10,15-16,21-23H2,1-2H3,(H,32,36)/t29-/m1/s1. The van der Waals surface area contributed by atoms with E-state index >= 15 is 0 Å². The van der Waals surface area contributed by atoms with Crippen molar-refractivity contribution in [2.24, 2.45) is 0 Å². The van der Waals surface area contributed by atoms with Crippen molar-refractivity contribution in [3.63, 3.8) is 0 Å². The van der Waals surface area contributed by atoms with Gasteiger partial charge in [0.2, 0.25) is 21.8 Å². The van der Waals surface area contributed by atoms with Gasteiger partial charge in [0.05, 0.1) is 19.1 Å². The fourth-order valence-electron chi connectivity index (χ4n) is 5.06. The lowest BCUT2D eigenvalue weighted by molar-refractivity contribution is -0.140. The zero-order valence-electron chi connectivity index (χ0n) is 23.0. The molecule has 0 radical (unpaired) electrons. The van der Waals surface area contributed by atoms with Crippen molar-refractivity contribution in [1.82, 2.24) is 10.2 Å². The van der Waals surface area contributed by atoms with Crippen LogP contribution in [0.5, 0.6) is 5.75 Å². The summed E-state index contributed by atoms with van der Waals surface area (Å²) >= 11 is 0. The first-order valence-corrected chi connectivity index (χ1v) is 15.4. The molecule has 0 aromatic heterocycles. The number of carbonyl (C=O) groups excluding carboxylic acids is 2. The van der Waals surface area contributed by atoms with E-state index in [1.54, 1.807) is 24.3 Å². The first-order chi connectivity index (χ1) is 19.2. The molecule has 0 saturated heterocycles. The molecule has 0 aliphatic heterocycles. The van der Waals surface area contributed by atoms with Crippen molar-refractivity contribution < 1.29 is 22.7 Å². The van der Waals surface area contributed by atoms with Crippen LogP contribution in [-0.2, 0) is 32.6 Å². The van der Waals surface area contributed by atoms with Gasteiger partial charge in [0.15, 0.2) is 0 Å². The molecule has 8 nitrogen and oxygen atoms in total. The predicted octanol–water partition coefficient (Wildman–Crippen LogP) is 4.16. The molecule has 212 valence electrons. The summed E-state index contributed by atoms with van der Waals surface area (Å²) in [5.41, 5.74) is 2.10. The minimum Gasteiger partial charge on any atom is -0.497 e. The van der Waals surface area contributed by atoms with E-state index in [9.17, 15) is 18.0 Å². The Balaban J connectivity index is 1.69. The van der Waals surface area contributed by atoms with Gasteiger partial charge in [-0.2, -0.15) is 0 Å². The maximum atomic E-state index is 14.1. The van der Waals surface area contributed by atoms with E-state index in [-0.39, 0.29) is 18.5 Å². The molecule has 1 aliphatic carbocycles. The molecule has 0 bridgehead atoms. The number of nitrogens with zero attached hydrogens (tertiary/aromatic N) is 2.